The highest BCUT2D eigenvalue weighted by Crippen LogP contribution is 2.37. The SMILES string of the molecule is CO[C@@H]([C@@H](C)C=O)[C@@H](C)CO[Si](C)(C)C(C)(C)C. The summed E-state index contributed by atoms with van der Waals surface area (Å²) in [6.45, 7) is 15.8. The van der Waals surface area contributed by atoms with Crippen molar-refractivity contribution < 1.29 is 14.0 Å². The van der Waals surface area contributed by atoms with E-state index in [1.54, 1.807) is 7.11 Å². The zero-order valence-corrected chi connectivity index (χ0v) is 14.2. The molecule has 0 unspecified atom stereocenters. The average Bonchev–Trinajstić information content (AvgIpc) is 2.25. The molecule has 0 aromatic heterocycles. The number of carbonyl (C=O) groups is 1. The molecule has 0 saturated heterocycles. The molecular formula is C14H30O3Si. The van der Waals surface area contributed by atoms with Crippen molar-refractivity contribution in [3.8, 4) is 0 Å². The van der Waals surface area contributed by atoms with Crippen LogP contribution in [0, 0.1) is 11.8 Å². The van der Waals surface area contributed by atoms with Crippen LogP contribution in [0.4, 0.5) is 0 Å². The minimum Gasteiger partial charge on any atom is -0.416 e. The second kappa shape index (κ2) is 6.82. The van der Waals surface area contributed by atoms with Gasteiger partial charge in [-0.15, -0.1) is 0 Å². The van der Waals surface area contributed by atoms with Crippen molar-refractivity contribution in [1.29, 1.82) is 0 Å². The Morgan fingerprint density at radius 3 is 2.06 bits per heavy atom. The zero-order valence-electron chi connectivity index (χ0n) is 13.2. The van der Waals surface area contributed by atoms with Crippen molar-refractivity contribution in [1.82, 2.24) is 0 Å². The van der Waals surface area contributed by atoms with Crippen LogP contribution in [0.25, 0.3) is 0 Å². The minimum atomic E-state index is -1.72. The van der Waals surface area contributed by atoms with Crippen molar-refractivity contribution in [2.75, 3.05) is 13.7 Å². The number of carbonyl (C=O) groups excluding carboxylic acids is 1. The molecule has 0 spiro atoms. The third-order valence-corrected chi connectivity index (χ3v) is 8.58. The van der Waals surface area contributed by atoms with Gasteiger partial charge in [-0.05, 0) is 18.1 Å². The highest BCUT2D eigenvalue weighted by molar-refractivity contribution is 6.74. The van der Waals surface area contributed by atoms with Crippen LogP contribution in [-0.2, 0) is 14.0 Å². The normalized spacial score (nSPS) is 18.2. The van der Waals surface area contributed by atoms with Gasteiger partial charge in [-0.25, -0.2) is 0 Å². The van der Waals surface area contributed by atoms with Crippen LogP contribution < -0.4 is 0 Å². The van der Waals surface area contributed by atoms with E-state index in [-0.39, 0.29) is 23.0 Å². The Kier molecular flexibility index (Phi) is 6.75. The lowest BCUT2D eigenvalue weighted by molar-refractivity contribution is -0.116. The van der Waals surface area contributed by atoms with Gasteiger partial charge < -0.3 is 14.0 Å². The fourth-order valence-corrected chi connectivity index (χ4v) is 2.81. The van der Waals surface area contributed by atoms with Crippen molar-refractivity contribution in [3.63, 3.8) is 0 Å². The van der Waals surface area contributed by atoms with Crippen molar-refractivity contribution in [3.05, 3.63) is 0 Å². The third-order valence-electron chi connectivity index (χ3n) is 4.08. The van der Waals surface area contributed by atoms with Gasteiger partial charge in [-0.3, -0.25) is 0 Å². The van der Waals surface area contributed by atoms with Gasteiger partial charge in [0.25, 0.3) is 0 Å². The van der Waals surface area contributed by atoms with Gasteiger partial charge in [-0.1, -0.05) is 34.6 Å². The van der Waals surface area contributed by atoms with E-state index in [4.69, 9.17) is 9.16 Å². The molecule has 0 saturated carbocycles. The van der Waals surface area contributed by atoms with E-state index in [0.717, 1.165) is 6.29 Å². The molecule has 0 fully saturated rings. The Balaban J connectivity index is 4.49. The van der Waals surface area contributed by atoms with Crippen LogP contribution in [-0.4, -0.2) is 34.4 Å². The number of hydrogen-bond donors (Lipinski definition) is 0. The lowest BCUT2D eigenvalue weighted by Crippen LogP contribution is -2.43. The van der Waals surface area contributed by atoms with Gasteiger partial charge in [0.15, 0.2) is 8.32 Å². The Morgan fingerprint density at radius 1 is 1.22 bits per heavy atom. The number of aldehydes is 1. The number of methoxy groups -OCH3 is 1. The van der Waals surface area contributed by atoms with Gasteiger partial charge in [0.2, 0.25) is 0 Å². The van der Waals surface area contributed by atoms with Crippen LogP contribution in [0.1, 0.15) is 34.6 Å². The molecule has 4 heteroatoms. The summed E-state index contributed by atoms with van der Waals surface area (Å²) in [5.74, 6) is 0.136. The standard InChI is InChI=1S/C14H30O3Si/c1-11(9-15)13(16-6)12(2)10-17-18(7,8)14(3,4)5/h9,11-13H,10H2,1-8H3/t11-,12-,13-/m0/s1. The van der Waals surface area contributed by atoms with Gasteiger partial charge in [0.05, 0.1) is 6.10 Å². The van der Waals surface area contributed by atoms with E-state index in [0.29, 0.717) is 6.61 Å². The molecule has 0 aliphatic rings. The summed E-state index contributed by atoms with van der Waals surface area (Å²) in [6, 6.07) is 0. The topological polar surface area (TPSA) is 35.5 Å². The maximum absolute atomic E-state index is 10.9. The average molecular weight is 274 g/mol. The highest BCUT2D eigenvalue weighted by Gasteiger charge is 2.38. The highest BCUT2D eigenvalue weighted by atomic mass is 28.4. The van der Waals surface area contributed by atoms with Crippen LogP contribution >= 0.6 is 0 Å². The van der Waals surface area contributed by atoms with Crippen LogP contribution in [0.5, 0.6) is 0 Å². The second-order valence-electron chi connectivity index (χ2n) is 6.74. The number of ether oxygens (including phenoxy) is 1. The fraction of sp³-hybridized carbons (Fsp3) is 0.929. The van der Waals surface area contributed by atoms with Crippen LogP contribution in [0.15, 0.2) is 0 Å². The fourth-order valence-electron chi connectivity index (χ4n) is 1.69. The van der Waals surface area contributed by atoms with E-state index >= 15 is 0 Å². The first-order valence-corrected chi connectivity index (χ1v) is 9.59. The molecule has 0 heterocycles. The molecule has 0 N–H and O–H groups in total. The monoisotopic (exact) mass is 274 g/mol. The number of hydrogen-bond acceptors (Lipinski definition) is 3. The predicted octanol–water partition coefficient (Wildman–Crippen LogP) is 3.49. The van der Waals surface area contributed by atoms with Gasteiger partial charge in [0, 0.05) is 25.6 Å². The van der Waals surface area contributed by atoms with Crippen molar-refractivity contribution >= 4 is 14.6 Å². The maximum atomic E-state index is 10.9. The maximum Gasteiger partial charge on any atom is 0.191 e. The Hall–Kier alpha value is -0.193. The molecule has 0 aliphatic heterocycles. The molecule has 3 nitrogen and oxygen atoms in total. The summed E-state index contributed by atoms with van der Waals surface area (Å²) in [4.78, 5) is 10.9. The first-order valence-electron chi connectivity index (χ1n) is 6.69. The third kappa shape index (κ3) is 4.82. The summed E-state index contributed by atoms with van der Waals surface area (Å²) in [5, 5.41) is 0.214. The Labute approximate surface area is 113 Å². The molecule has 0 rings (SSSR count). The quantitative estimate of drug-likeness (QED) is 0.526. The zero-order chi connectivity index (χ0) is 14.6. The van der Waals surface area contributed by atoms with E-state index in [9.17, 15) is 4.79 Å². The van der Waals surface area contributed by atoms with Gasteiger partial charge >= 0.3 is 0 Å². The predicted molar refractivity (Wildman–Crippen MR) is 78.3 cm³/mol. The van der Waals surface area contributed by atoms with E-state index in [2.05, 4.69) is 40.8 Å². The Bertz CT molecular complexity index is 258. The van der Waals surface area contributed by atoms with Crippen molar-refractivity contribution in [2.24, 2.45) is 11.8 Å². The van der Waals surface area contributed by atoms with E-state index in [1.807, 2.05) is 6.92 Å². The second-order valence-corrected chi connectivity index (χ2v) is 11.6. The lowest BCUT2D eigenvalue weighted by atomic mass is 9.95. The van der Waals surface area contributed by atoms with E-state index in [1.165, 1.54) is 0 Å². The molecule has 0 aromatic carbocycles. The van der Waals surface area contributed by atoms with Crippen LogP contribution in [0.2, 0.25) is 18.1 Å². The summed E-state index contributed by atoms with van der Waals surface area (Å²) in [7, 11) is -0.0549. The molecule has 108 valence electrons. The van der Waals surface area contributed by atoms with Gasteiger partial charge in [-0.2, -0.15) is 0 Å². The first-order chi connectivity index (χ1) is 8.06. The summed E-state index contributed by atoms with van der Waals surface area (Å²) >= 11 is 0. The summed E-state index contributed by atoms with van der Waals surface area (Å²) in [5.41, 5.74) is 0. The summed E-state index contributed by atoms with van der Waals surface area (Å²) < 4.78 is 11.6. The molecule has 0 radical (unpaired) electrons. The summed E-state index contributed by atoms with van der Waals surface area (Å²) in [6.07, 6.45) is 0.893. The van der Waals surface area contributed by atoms with Crippen LogP contribution in [0.3, 0.4) is 0 Å². The lowest BCUT2D eigenvalue weighted by Gasteiger charge is -2.38. The molecular weight excluding hydrogens is 244 g/mol. The molecule has 0 aromatic rings. The van der Waals surface area contributed by atoms with E-state index < -0.39 is 8.32 Å². The molecule has 0 amide bonds. The Morgan fingerprint density at radius 2 is 1.72 bits per heavy atom. The van der Waals surface area contributed by atoms with Gasteiger partial charge in [0.1, 0.15) is 6.29 Å². The molecule has 0 bridgehead atoms. The van der Waals surface area contributed by atoms with Crippen molar-refractivity contribution in [2.45, 2.75) is 58.9 Å². The largest absolute Gasteiger partial charge is 0.416 e. The molecule has 18 heavy (non-hydrogen) atoms. The number of rotatable bonds is 7. The minimum absolute atomic E-state index is 0.0627. The molecule has 3 atom stereocenters. The smallest absolute Gasteiger partial charge is 0.191 e. The first kappa shape index (κ1) is 17.8. The molecule has 0 aliphatic carbocycles.